The zero-order valence-electron chi connectivity index (χ0n) is 69.3. The minimum Gasteiger partial charge on any atom is -0.455 e. The molecule has 3 heterocycles. The van der Waals surface area contributed by atoms with Crippen LogP contribution in [0.15, 0.2) is 486 Å². The van der Waals surface area contributed by atoms with Crippen LogP contribution in [0.4, 0.5) is 0 Å². The van der Waals surface area contributed by atoms with E-state index in [1.807, 2.05) is 6.07 Å². The molecule has 26 aromatic rings. The molecule has 0 spiro atoms. The topological polar surface area (TPSA) is 39.4 Å². The molecule has 3 aromatic heterocycles. The highest BCUT2D eigenvalue weighted by Gasteiger charge is 2.25. The smallest absolute Gasteiger partial charge is 0.143 e. The third kappa shape index (κ3) is 12.9. The lowest BCUT2D eigenvalue weighted by Crippen LogP contribution is -1.90. The fraction of sp³-hybridized carbons (Fsp3) is 0. The monoisotopic (exact) mass is 1610 g/mol. The molecule has 592 valence electrons. The van der Waals surface area contributed by atoms with E-state index in [2.05, 4.69) is 467 Å². The Labute approximate surface area is 733 Å². The zero-order chi connectivity index (χ0) is 83.8. The maximum absolute atomic E-state index is 6.60. The summed E-state index contributed by atoms with van der Waals surface area (Å²) in [5.74, 6) is 0. The highest BCUT2D eigenvalue weighted by molar-refractivity contribution is 6.26. The van der Waals surface area contributed by atoms with Crippen molar-refractivity contribution in [3.63, 3.8) is 0 Å². The van der Waals surface area contributed by atoms with Gasteiger partial charge in [-0.2, -0.15) is 0 Å². The molecule has 0 radical (unpaired) electrons. The van der Waals surface area contributed by atoms with Crippen molar-refractivity contribution in [3.8, 4) is 111 Å². The average molecular weight is 1620 g/mol. The quantitative estimate of drug-likeness (QED) is 0.128. The molecule has 3 heteroatoms. The van der Waals surface area contributed by atoms with Crippen LogP contribution in [0.25, 0.3) is 252 Å². The Morgan fingerprint density at radius 3 is 0.638 bits per heavy atom. The molecule has 0 bridgehead atoms. The summed E-state index contributed by atoms with van der Waals surface area (Å²) < 4.78 is 19.7. The van der Waals surface area contributed by atoms with E-state index in [1.54, 1.807) is 0 Å². The lowest BCUT2D eigenvalue weighted by atomic mass is 9.86. The summed E-state index contributed by atoms with van der Waals surface area (Å²) in [6, 6.07) is 169. The van der Waals surface area contributed by atoms with Gasteiger partial charge in [0.15, 0.2) is 0 Å². The fourth-order valence-corrected chi connectivity index (χ4v) is 20.1. The van der Waals surface area contributed by atoms with Crippen LogP contribution >= 0.6 is 0 Å². The van der Waals surface area contributed by atoms with Crippen LogP contribution in [0, 0.1) is 0 Å². The molecule has 0 unspecified atom stereocenters. The SMILES string of the molecule is c1ccc(-c2c3ccccc3c(-c3ccc4oc5c(-c6ccc7ccccc7c6)cccc5c4c3)c3ccccc23)cc1.c1ccc(-c2c3ccccc3c(-c3ccc4oc5c(-c6ccccc6)cccc5c4c3)c3ccccc23)cc1.c1ccc(-c2ccc(-c3cccc4c3oc3ccc(-c5c6ccccc6c(-c6ccccc6)c6ccccc56)cc34)cc2)cc1. The first-order valence-electron chi connectivity index (χ1n) is 43.6. The van der Waals surface area contributed by atoms with Crippen LogP contribution in [-0.2, 0) is 0 Å². The van der Waals surface area contributed by atoms with E-state index in [0.717, 1.165) is 99.2 Å². The molecule has 0 saturated carbocycles. The summed E-state index contributed by atoms with van der Waals surface area (Å²) in [6.07, 6.45) is 0. The van der Waals surface area contributed by atoms with Crippen LogP contribution in [-0.4, -0.2) is 0 Å². The Morgan fingerprint density at radius 1 is 0.110 bits per heavy atom. The lowest BCUT2D eigenvalue weighted by Gasteiger charge is -2.17. The van der Waals surface area contributed by atoms with Gasteiger partial charge in [-0.1, -0.05) is 431 Å². The first kappa shape index (κ1) is 74.1. The Morgan fingerprint density at radius 2 is 0.323 bits per heavy atom. The van der Waals surface area contributed by atoms with Gasteiger partial charge in [0.25, 0.3) is 0 Å². The number of furan rings is 3. The van der Waals surface area contributed by atoms with Gasteiger partial charge in [-0.25, -0.2) is 0 Å². The first-order chi connectivity index (χ1) is 63.0. The second-order valence-electron chi connectivity index (χ2n) is 33.0. The number of hydrogen-bond donors (Lipinski definition) is 0. The molecule has 127 heavy (non-hydrogen) atoms. The molecule has 0 aliphatic carbocycles. The maximum atomic E-state index is 6.60. The molecule has 3 nitrogen and oxygen atoms in total. The molecule has 0 amide bonds. The second kappa shape index (κ2) is 31.3. The number of rotatable bonds is 10. The predicted molar refractivity (Wildman–Crippen MR) is 538 cm³/mol. The zero-order valence-corrected chi connectivity index (χ0v) is 69.3. The summed E-state index contributed by atoms with van der Waals surface area (Å²) in [5.41, 5.74) is 29.6. The van der Waals surface area contributed by atoms with E-state index in [1.165, 1.54) is 153 Å². The van der Waals surface area contributed by atoms with Crippen molar-refractivity contribution in [3.05, 3.63) is 473 Å². The van der Waals surface area contributed by atoms with Crippen molar-refractivity contribution in [2.45, 2.75) is 0 Å². The minimum atomic E-state index is 0.900. The fourth-order valence-electron chi connectivity index (χ4n) is 20.1. The second-order valence-corrected chi connectivity index (χ2v) is 33.0. The molecule has 0 fully saturated rings. The normalized spacial score (nSPS) is 11.6. The van der Waals surface area contributed by atoms with Crippen molar-refractivity contribution >= 4 is 141 Å². The first-order valence-corrected chi connectivity index (χ1v) is 43.6. The Bertz CT molecular complexity index is 8610. The van der Waals surface area contributed by atoms with Crippen molar-refractivity contribution in [1.29, 1.82) is 0 Å². The Kier molecular flexibility index (Phi) is 18.3. The van der Waals surface area contributed by atoms with Crippen molar-refractivity contribution in [2.24, 2.45) is 0 Å². The van der Waals surface area contributed by atoms with E-state index in [0.29, 0.717) is 0 Å². The molecule has 0 aliphatic heterocycles. The standard InChI is InChI=1S/C44H28O.C42H26O.C38H24O/c1-3-12-29(13-4-1)30-22-24-31(25-23-30)34-20-11-21-39-40-28-33(26-27-41(40)45-44(34)39)43-37-18-9-7-16-35(37)42(32-14-5-2-6-15-32)36-17-8-10-19-38(36)43;1-2-12-28(13-3-1)40-33-15-6-8-17-35(33)41(36-18-9-7-16-34(36)40)31-23-24-39-38(26-31)37-20-10-19-32(42(37)43-39)30-22-21-27-11-4-5-14-29(27)25-30;1-3-12-25(13-4-1)28-20-11-21-33-34-24-27(22-23-35(34)39-38(28)33)37-31-18-9-7-16-29(31)36(26-14-5-2-6-15-26)30-17-8-10-19-32(30)37/h1-28H;1-26H;1-24H. The lowest BCUT2D eigenvalue weighted by molar-refractivity contribution is 0.669. The van der Waals surface area contributed by atoms with Gasteiger partial charge in [-0.15, -0.1) is 0 Å². The number of fused-ring (bicyclic) bond motifs is 16. The number of hydrogen-bond acceptors (Lipinski definition) is 3. The van der Waals surface area contributed by atoms with Gasteiger partial charge in [0, 0.05) is 49.0 Å². The summed E-state index contributed by atoms with van der Waals surface area (Å²) in [5, 5.41) is 24.4. The molecular weight excluding hydrogens is 1540 g/mol. The molecule has 0 atom stereocenters. The molecular formula is C124H78O3. The summed E-state index contributed by atoms with van der Waals surface area (Å²) in [6.45, 7) is 0. The molecule has 23 aromatic carbocycles. The van der Waals surface area contributed by atoms with Crippen molar-refractivity contribution in [1.82, 2.24) is 0 Å². The van der Waals surface area contributed by atoms with Gasteiger partial charge in [0.2, 0.25) is 0 Å². The van der Waals surface area contributed by atoms with Crippen LogP contribution in [0.5, 0.6) is 0 Å². The van der Waals surface area contributed by atoms with Crippen LogP contribution < -0.4 is 0 Å². The van der Waals surface area contributed by atoms with E-state index >= 15 is 0 Å². The van der Waals surface area contributed by atoms with Crippen molar-refractivity contribution in [2.75, 3.05) is 0 Å². The van der Waals surface area contributed by atoms with Gasteiger partial charge >= 0.3 is 0 Å². The van der Waals surface area contributed by atoms with Gasteiger partial charge in [-0.3, -0.25) is 0 Å². The Hall–Kier alpha value is -16.7. The Balaban J connectivity index is 0.000000107. The van der Waals surface area contributed by atoms with Gasteiger partial charge in [0.1, 0.15) is 33.5 Å². The van der Waals surface area contributed by atoms with Crippen LogP contribution in [0.2, 0.25) is 0 Å². The third-order valence-corrected chi connectivity index (χ3v) is 25.8. The van der Waals surface area contributed by atoms with E-state index in [-0.39, 0.29) is 0 Å². The van der Waals surface area contributed by atoms with Gasteiger partial charge in [-0.05, 0) is 212 Å². The summed E-state index contributed by atoms with van der Waals surface area (Å²) >= 11 is 0. The summed E-state index contributed by atoms with van der Waals surface area (Å²) in [4.78, 5) is 0. The largest absolute Gasteiger partial charge is 0.455 e. The molecule has 0 saturated heterocycles. The minimum absolute atomic E-state index is 0.900. The van der Waals surface area contributed by atoms with Crippen LogP contribution in [0.3, 0.4) is 0 Å². The van der Waals surface area contributed by atoms with Gasteiger partial charge < -0.3 is 13.3 Å². The number of benzene rings is 23. The summed E-state index contributed by atoms with van der Waals surface area (Å²) in [7, 11) is 0. The third-order valence-electron chi connectivity index (χ3n) is 25.8. The number of para-hydroxylation sites is 3. The van der Waals surface area contributed by atoms with E-state index < -0.39 is 0 Å². The molecule has 0 aliphatic rings. The van der Waals surface area contributed by atoms with Crippen molar-refractivity contribution < 1.29 is 13.3 Å². The van der Waals surface area contributed by atoms with E-state index in [9.17, 15) is 0 Å². The predicted octanol–water partition coefficient (Wildman–Crippen LogP) is 35.5. The molecule has 0 N–H and O–H groups in total. The van der Waals surface area contributed by atoms with Crippen LogP contribution in [0.1, 0.15) is 0 Å². The maximum Gasteiger partial charge on any atom is 0.143 e. The average Bonchev–Trinajstić information content (AvgIpc) is 1.67. The van der Waals surface area contributed by atoms with E-state index in [4.69, 9.17) is 13.3 Å². The van der Waals surface area contributed by atoms with Gasteiger partial charge in [0.05, 0.1) is 0 Å². The highest BCUT2D eigenvalue weighted by atomic mass is 16.3. The highest BCUT2D eigenvalue weighted by Crippen LogP contribution is 2.51. The molecule has 26 rings (SSSR count).